The maximum absolute atomic E-state index is 12.4. The van der Waals surface area contributed by atoms with E-state index in [-0.39, 0.29) is 5.91 Å². The average molecular weight is 297 g/mol. The third-order valence-corrected chi connectivity index (χ3v) is 3.49. The van der Waals surface area contributed by atoms with Gasteiger partial charge in [0, 0.05) is 13.6 Å². The normalized spacial score (nSPS) is 11.8. The van der Waals surface area contributed by atoms with Crippen LogP contribution in [0.3, 0.4) is 0 Å². The standard InChI is InChI=1S/C19H23NO2/c1-14-10-15(2)12-18(11-14)22-16(3)19(21)20(4)13-17-8-6-5-7-9-17/h5-12,16H,13H2,1-4H3/t16-/m1/s1. The van der Waals surface area contributed by atoms with Gasteiger partial charge in [0.2, 0.25) is 0 Å². The SMILES string of the molecule is Cc1cc(C)cc(O[C@H](C)C(=O)N(C)Cc2ccccc2)c1. The summed E-state index contributed by atoms with van der Waals surface area (Å²) in [5, 5.41) is 0. The highest BCUT2D eigenvalue weighted by atomic mass is 16.5. The monoisotopic (exact) mass is 297 g/mol. The van der Waals surface area contributed by atoms with Crippen LogP contribution in [0.5, 0.6) is 5.75 Å². The van der Waals surface area contributed by atoms with E-state index >= 15 is 0 Å². The van der Waals surface area contributed by atoms with Gasteiger partial charge in [-0.1, -0.05) is 36.4 Å². The van der Waals surface area contributed by atoms with Crippen molar-refractivity contribution >= 4 is 5.91 Å². The first-order valence-electron chi connectivity index (χ1n) is 7.49. The minimum atomic E-state index is -0.505. The Morgan fingerprint density at radius 3 is 2.27 bits per heavy atom. The van der Waals surface area contributed by atoms with E-state index in [1.807, 2.05) is 56.3 Å². The Morgan fingerprint density at radius 1 is 1.09 bits per heavy atom. The Bertz CT molecular complexity index is 617. The van der Waals surface area contributed by atoms with Crippen LogP contribution in [0.2, 0.25) is 0 Å². The summed E-state index contributed by atoms with van der Waals surface area (Å²) in [7, 11) is 1.80. The molecular weight excluding hydrogens is 274 g/mol. The summed E-state index contributed by atoms with van der Waals surface area (Å²) in [6, 6.07) is 15.9. The van der Waals surface area contributed by atoms with Crippen molar-refractivity contribution < 1.29 is 9.53 Å². The number of amides is 1. The quantitative estimate of drug-likeness (QED) is 0.841. The second kappa shape index (κ2) is 7.12. The molecule has 2 rings (SSSR count). The first-order valence-corrected chi connectivity index (χ1v) is 7.49. The van der Waals surface area contributed by atoms with Crippen LogP contribution >= 0.6 is 0 Å². The molecule has 0 aliphatic rings. The molecule has 0 aromatic heterocycles. The molecule has 116 valence electrons. The van der Waals surface area contributed by atoms with E-state index in [0.29, 0.717) is 6.54 Å². The van der Waals surface area contributed by atoms with Crippen molar-refractivity contribution in [3.8, 4) is 5.75 Å². The molecule has 0 saturated heterocycles. The number of likely N-dealkylation sites (N-methyl/N-ethyl adjacent to an activating group) is 1. The van der Waals surface area contributed by atoms with E-state index in [1.54, 1.807) is 18.9 Å². The van der Waals surface area contributed by atoms with Crippen LogP contribution in [0.4, 0.5) is 0 Å². The van der Waals surface area contributed by atoms with E-state index in [0.717, 1.165) is 22.4 Å². The smallest absolute Gasteiger partial charge is 0.263 e. The molecule has 2 aromatic carbocycles. The largest absolute Gasteiger partial charge is 0.481 e. The van der Waals surface area contributed by atoms with Crippen LogP contribution in [0, 0.1) is 13.8 Å². The molecule has 2 aromatic rings. The fourth-order valence-corrected chi connectivity index (χ4v) is 2.50. The van der Waals surface area contributed by atoms with E-state index in [4.69, 9.17) is 4.74 Å². The van der Waals surface area contributed by atoms with Gasteiger partial charge in [0.25, 0.3) is 5.91 Å². The minimum Gasteiger partial charge on any atom is -0.481 e. The number of hydrogen-bond donors (Lipinski definition) is 0. The average Bonchev–Trinajstić information content (AvgIpc) is 2.46. The van der Waals surface area contributed by atoms with Crippen molar-refractivity contribution in [3.63, 3.8) is 0 Å². The third kappa shape index (κ3) is 4.35. The molecule has 1 amide bonds. The molecule has 0 saturated carbocycles. The van der Waals surface area contributed by atoms with Gasteiger partial charge in [0.1, 0.15) is 5.75 Å². The molecule has 0 fully saturated rings. The lowest BCUT2D eigenvalue weighted by molar-refractivity contribution is -0.137. The molecule has 0 unspecified atom stereocenters. The van der Waals surface area contributed by atoms with Gasteiger partial charge < -0.3 is 9.64 Å². The van der Waals surface area contributed by atoms with Crippen molar-refractivity contribution in [2.24, 2.45) is 0 Å². The summed E-state index contributed by atoms with van der Waals surface area (Å²) < 4.78 is 5.81. The maximum Gasteiger partial charge on any atom is 0.263 e. The lowest BCUT2D eigenvalue weighted by Gasteiger charge is -2.22. The zero-order chi connectivity index (χ0) is 16.1. The van der Waals surface area contributed by atoms with E-state index in [2.05, 4.69) is 6.07 Å². The molecular formula is C19H23NO2. The topological polar surface area (TPSA) is 29.5 Å². The van der Waals surface area contributed by atoms with Gasteiger partial charge in [0.15, 0.2) is 6.10 Å². The number of carbonyl (C=O) groups excluding carboxylic acids is 1. The predicted octanol–water partition coefficient (Wildman–Crippen LogP) is 3.73. The highest BCUT2D eigenvalue weighted by Crippen LogP contribution is 2.18. The van der Waals surface area contributed by atoms with Crippen molar-refractivity contribution in [2.45, 2.75) is 33.4 Å². The fourth-order valence-electron chi connectivity index (χ4n) is 2.50. The number of benzene rings is 2. The zero-order valence-electron chi connectivity index (χ0n) is 13.7. The summed E-state index contributed by atoms with van der Waals surface area (Å²) in [6.07, 6.45) is -0.505. The molecule has 3 heteroatoms. The third-order valence-electron chi connectivity index (χ3n) is 3.49. The number of carbonyl (C=O) groups is 1. The lowest BCUT2D eigenvalue weighted by Crippen LogP contribution is -2.37. The van der Waals surface area contributed by atoms with Crippen molar-refractivity contribution in [1.82, 2.24) is 4.90 Å². The van der Waals surface area contributed by atoms with E-state index in [1.165, 1.54) is 0 Å². The minimum absolute atomic E-state index is 0.0250. The van der Waals surface area contributed by atoms with Crippen molar-refractivity contribution in [2.75, 3.05) is 7.05 Å². The number of rotatable bonds is 5. The Kier molecular flexibility index (Phi) is 5.21. The first kappa shape index (κ1) is 16.1. The van der Waals surface area contributed by atoms with Crippen LogP contribution in [0.1, 0.15) is 23.6 Å². The molecule has 0 aliphatic heterocycles. The van der Waals surface area contributed by atoms with Gasteiger partial charge >= 0.3 is 0 Å². The van der Waals surface area contributed by atoms with Crippen molar-refractivity contribution in [3.05, 3.63) is 65.2 Å². The number of aryl methyl sites for hydroxylation is 2. The Balaban J connectivity index is 1.99. The van der Waals surface area contributed by atoms with Crippen LogP contribution in [-0.4, -0.2) is 24.0 Å². The second-order valence-electron chi connectivity index (χ2n) is 5.76. The van der Waals surface area contributed by atoms with E-state index in [9.17, 15) is 4.79 Å². The summed E-state index contributed by atoms with van der Waals surface area (Å²) >= 11 is 0. The van der Waals surface area contributed by atoms with Gasteiger partial charge in [-0.2, -0.15) is 0 Å². The Labute approximate surface area is 132 Å². The molecule has 3 nitrogen and oxygen atoms in total. The van der Waals surface area contributed by atoms with Crippen LogP contribution < -0.4 is 4.74 Å². The highest BCUT2D eigenvalue weighted by molar-refractivity contribution is 5.80. The Morgan fingerprint density at radius 2 is 1.68 bits per heavy atom. The van der Waals surface area contributed by atoms with Crippen LogP contribution in [-0.2, 0) is 11.3 Å². The molecule has 0 radical (unpaired) electrons. The molecule has 0 bridgehead atoms. The highest BCUT2D eigenvalue weighted by Gasteiger charge is 2.19. The summed E-state index contributed by atoms with van der Waals surface area (Å²) in [5.74, 6) is 0.717. The van der Waals surface area contributed by atoms with Gasteiger partial charge in [-0.25, -0.2) is 0 Å². The van der Waals surface area contributed by atoms with E-state index < -0.39 is 6.10 Å². The molecule has 0 N–H and O–H groups in total. The van der Waals surface area contributed by atoms with Gasteiger partial charge in [-0.15, -0.1) is 0 Å². The van der Waals surface area contributed by atoms with Crippen molar-refractivity contribution in [1.29, 1.82) is 0 Å². The first-order chi connectivity index (χ1) is 10.5. The maximum atomic E-state index is 12.4. The molecule has 0 heterocycles. The molecule has 0 aliphatic carbocycles. The summed E-state index contributed by atoms with van der Waals surface area (Å²) in [5.41, 5.74) is 3.37. The molecule has 0 spiro atoms. The zero-order valence-corrected chi connectivity index (χ0v) is 13.7. The second-order valence-corrected chi connectivity index (χ2v) is 5.76. The summed E-state index contributed by atoms with van der Waals surface area (Å²) in [6.45, 7) is 6.42. The number of hydrogen-bond acceptors (Lipinski definition) is 2. The Hall–Kier alpha value is -2.29. The number of ether oxygens (including phenoxy) is 1. The predicted molar refractivity (Wildman–Crippen MR) is 88.9 cm³/mol. The van der Waals surface area contributed by atoms with Gasteiger partial charge in [-0.05, 0) is 49.6 Å². The van der Waals surface area contributed by atoms with Gasteiger partial charge in [0.05, 0.1) is 0 Å². The fraction of sp³-hybridized carbons (Fsp3) is 0.316. The van der Waals surface area contributed by atoms with Crippen LogP contribution in [0.25, 0.3) is 0 Å². The molecule has 22 heavy (non-hydrogen) atoms. The molecule has 1 atom stereocenters. The van der Waals surface area contributed by atoms with Gasteiger partial charge in [-0.3, -0.25) is 4.79 Å². The lowest BCUT2D eigenvalue weighted by atomic mass is 10.1. The summed E-state index contributed by atoms with van der Waals surface area (Å²) in [4.78, 5) is 14.1. The van der Waals surface area contributed by atoms with Crippen LogP contribution in [0.15, 0.2) is 48.5 Å². The number of nitrogens with zero attached hydrogens (tertiary/aromatic N) is 1.